The van der Waals surface area contributed by atoms with Crippen molar-refractivity contribution in [3.63, 3.8) is 0 Å². The third-order valence-corrected chi connectivity index (χ3v) is 6.98. The summed E-state index contributed by atoms with van der Waals surface area (Å²) in [5, 5.41) is 6.56. The van der Waals surface area contributed by atoms with Crippen LogP contribution in [0.15, 0.2) is 30.7 Å². The molecular formula is C18H22F2N6O3S. The Morgan fingerprint density at radius 1 is 1.07 bits per heavy atom. The normalized spacial score (nSPS) is 23.0. The Labute approximate surface area is 172 Å². The fourth-order valence-corrected chi connectivity index (χ4v) is 5.29. The van der Waals surface area contributed by atoms with Crippen LogP contribution in [0.1, 0.15) is 25.7 Å². The van der Waals surface area contributed by atoms with Crippen molar-refractivity contribution in [1.29, 1.82) is 0 Å². The molecule has 0 unspecified atom stereocenters. The molecule has 2 atom stereocenters. The number of alkyl halides is 2. The lowest BCUT2D eigenvalue weighted by Crippen LogP contribution is -2.25. The van der Waals surface area contributed by atoms with Crippen LogP contribution in [0.2, 0.25) is 0 Å². The smallest absolute Gasteiger partial charge is 0.387 e. The van der Waals surface area contributed by atoms with Crippen LogP contribution in [0.5, 0.6) is 5.75 Å². The topological polar surface area (TPSA) is 109 Å². The second-order valence-corrected chi connectivity index (χ2v) is 9.27. The maximum absolute atomic E-state index is 12.2. The number of rotatable bonds is 7. The summed E-state index contributed by atoms with van der Waals surface area (Å²) in [5.74, 6) is 1.13. The van der Waals surface area contributed by atoms with Gasteiger partial charge in [-0.05, 0) is 37.8 Å². The van der Waals surface area contributed by atoms with E-state index < -0.39 is 16.6 Å². The molecule has 2 aliphatic rings. The SMILES string of the molecule is O=S1(=O)CCCN1c1ccc(N[C@H]2CC[C@H](Nc3ncc(OC(F)F)cn3)C2)nc1. The highest BCUT2D eigenvalue weighted by atomic mass is 32.2. The molecular weight excluding hydrogens is 418 g/mol. The average molecular weight is 440 g/mol. The number of halogens is 2. The fourth-order valence-electron chi connectivity index (χ4n) is 3.74. The maximum Gasteiger partial charge on any atom is 0.387 e. The molecule has 9 nitrogen and oxygen atoms in total. The van der Waals surface area contributed by atoms with Gasteiger partial charge in [0.2, 0.25) is 16.0 Å². The van der Waals surface area contributed by atoms with Crippen LogP contribution < -0.4 is 19.7 Å². The summed E-state index contributed by atoms with van der Waals surface area (Å²) in [6.07, 6.45) is 7.23. The van der Waals surface area contributed by atoms with Crippen LogP contribution in [0, 0.1) is 0 Å². The van der Waals surface area contributed by atoms with Gasteiger partial charge in [-0.3, -0.25) is 4.31 Å². The van der Waals surface area contributed by atoms with Crippen LogP contribution >= 0.6 is 0 Å². The monoisotopic (exact) mass is 440 g/mol. The number of nitrogens with one attached hydrogen (secondary N) is 2. The molecule has 1 aliphatic heterocycles. The predicted molar refractivity (Wildman–Crippen MR) is 107 cm³/mol. The van der Waals surface area contributed by atoms with Gasteiger partial charge >= 0.3 is 6.61 Å². The van der Waals surface area contributed by atoms with E-state index in [2.05, 4.69) is 30.3 Å². The van der Waals surface area contributed by atoms with Crippen LogP contribution in [0.25, 0.3) is 0 Å². The number of anilines is 3. The third kappa shape index (κ3) is 4.86. The molecule has 2 aromatic heterocycles. The van der Waals surface area contributed by atoms with E-state index in [1.54, 1.807) is 18.3 Å². The lowest BCUT2D eigenvalue weighted by atomic mass is 10.2. The molecule has 0 spiro atoms. The van der Waals surface area contributed by atoms with E-state index in [4.69, 9.17) is 0 Å². The van der Waals surface area contributed by atoms with Gasteiger partial charge in [-0.1, -0.05) is 0 Å². The fraction of sp³-hybridized carbons (Fsp3) is 0.500. The second-order valence-electron chi connectivity index (χ2n) is 7.26. The van der Waals surface area contributed by atoms with Crippen molar-refractivity contribution in [1.82, 2.24) is 15.0 Å². The lowest BCUT2D eigenvalue weighted by Gasteiger charge is -2.18. The highest BCUT2D eigenvalue weighted by molar-refractivity contribution is 7.93. The molecule has 1 saturated heterocycles. The molecule has 2 aromatic rings. The zero-order valence-corrected chi connectivity index (χ0v) is 16.9. The zero-order valence-electron chi connectivity index (χ0n) is 16.0. The molecule has 0 bridgehead atoms. The lowest BCUT2D eigenvalue weighted by molar-refractivity contribution is -0.0503. The molecule has 0 radical (unpaired) electrons. The van der Waals surface area contributed by atoms with E-state index in [0.717, 1.165) is 19.3 Å². The summed E-state index contributed by atoms with van der Waals surface area (Å²) in [5.41, 5.74) is 0.584. The van der Waals surface area contributed by atoms with Gasteiger partial charge in [0.15, 0.2) is 5.75 Å². The molecule has 1 aliphatic carbocycles. The Morgan fingerprint density at radius 3 is 2.40 bits per heavy atom. The Bertz CT molecular complexity index is 959. The molecule has 30 heavy (non-hydrogen) atoms. The van der Waals surface area contributed by atoms with E-state index in [0.29, 0.717) is 30.4 Å². The van der Waals surface area contributed by atoms with Crippen LogP contribution in [0.3, 0.4) is 0 Å². The molecule has 0 amide bonds. The van der Waals surface area contributed by atoms with Gasteiger partial charge in [-0.25, -0.2) is 23.4 Å². The maximum atomic E-state index is 12.2. The van der Waals surface area contributed by atoms with Crippen LogP contribution in [-0.2, 0) is 10.0 Å². The van der Waals surface area contributed by atoms with Gasteiger partial charge in [-0.15, -0.1) is 0 Å². The first-order valence-corrected chi connectivity index (χ1v) is 11.3. The van der Waals surface area contributed by atoms with Crippen molar-refractivity contribution in [3.8, 4) is 5.75 Å². The first-order valence-electron chi connectivity index (χ1n) is 9.65. The second kappa shape index (κ2) is 8.54. The van der Waals surface area contributed by atoms with Gasteiger partial charge in [0, 0.05) is 18.6 Å². The summed E-state index contributed by atoms with van der Waals surface area (Å²) in [6, 6.07) is 3.88. The van der Waals surface area contributed by atoms with Crippen molar-refractivity contribution in [2.45, 2.75) is 44.4 Å². The van der Waals surface area contributed by atoms with Crippen LogP contribution in [-0.4, -0.2) is 54.4 Å². The highest BCUT2D eigenvalue weighted by Gasteiger charge is 2.29. The summed E-state index contributed by atoms with van der Waals surface area (Å²) in [4.78, 5) is 12.3. The molecule has 2 fully saturated rings. The number of hydrogen-bond donors (Lipinski definition) is 2. The Morgan fingerprint density at radius 2 is 1.80 bits per heavy atom. The standard InChI is InChI=1S/C18H22F2N6O3S/c19-17(20)29-15-10-22-18(23-11-15)25-13-3-2-12(8-13)24-16-5-4-14(9-21-16)26-6-1-7-30(26,27)28/h4-5,9-13,17H,1-3,6-8H2,(H,21,24)(H,22,23,25)/t12-,13-/m0/s1. The van der Waals surface area contributed by atoms with Crippen molar-refractivity contribution >= 4 is 27.5 Å². The van der Waals surface area contributed by atoms with Gasteiger partial charge in [0.25, 0.3) is 0 Å². The quantitative estimate of drug-likeness (QED) is 0.676. The largest absolute Gasteiger partial charge is 0.432 e. The van der Waals surface area contributed by atoms with Gasteiger partial charge < -0.3 is 15.4 Å². The van der Waals surface area contributed by atoms with Crippen molar-refractivity contribution in [2.75, 3.05) is 27.2 Å². The van der Waals surface area contributed by atoms with E-state index in [1.165, 1.54) is 16.7 Å². The Hall–Kier alpha value is -2.76. The summed E-state index contributed by atoms with van der Waals surface area (Å²) in [6.45, 7) is -2.42. The van der Waals surface area contributed by atoms with Crippen molar-refractivity contribution in [3.05, 3.63) is 30.7 Å². The molecule has 3 heterocycles. The van der Waals surface area contributed by atoms with Crippen molar-refractivity contribution < 1.29 is 21.9 Å². The Kier molecular flexibility index (Phi) is 5.84. The molecule has 0 aromatic carbocycles. The first-order chi connectivity index (χ1) is 14.4. The predicted octanol–water partition coefficient (Wildman–Crippen LogP) is 2.46. The summed E-state index contributed by atoms with van der Waals surface area (Å²) < 4.78 is 54.0. The molecule has 1 saturated carbocycles. The summed E-state index contributed by atoms with van der Waals surface area (Å²) in [7, 11) is -3.21. The van der Waals surface area contributed by atoms with Gasteiger partial charge in [0.05, 0.1) is 30.0 Å². The van der Waals surface area contributed by atoms with Gasteiger partial charge in [-0.2, -0.15) is 8.78 Å². The van der Waals surface area contributed by atoms with Crippen molar-refractivity contribution in [2.24, 2.45) is 0 Å². The number of ether oxygens (including phenoxy) is 1. The number of pyridine rings is 1. The van der Waals surface area contributed by atoms with Gasteiger partial charge in [0.1, 0.15) is 5.82 Å². The first kappa shape index (κ1) is 20.5. The molecule has 12 heteroatoms. The average Bonchev–Trinajstić information content (AvgIpc) is 3.29. The molecule has 4 rings (SSSR count). The van der Waals surface area contributed by atoms with E-state index in [-0.39, 0.29) is 23.6 Å². The minimum absolute atomic E-state index is 0.0854. The highest BCUT2D eigenvalue weighted by Crippen LogP contribution is 2.27. The molecule has 2 N–H and O–H groups in total. The molecule has 162 valence electrons. The number of aromatic nitrogens is 3. The number of sulfonamides is 1. The third-order valence-electron chi connectivity index (χ3n) is 5.11. The van der Waals surface area contributed by atoms with E-state index >= 15 is 0 Å². The van der Waals surface area contributed by atoms with E-state index in [1.807, 2.05) is 0 Å². The van der Waals surface area contributed by atoms with Crippen LogP contribution in [0.4, 0.5) is 26.2 Å². The minimum Gasteiger partial charge on any atom is -0.432 e. The minimum atomic E-state index is -3.21. The Balaban J connectivity index is 1.29. The van der Waals surface area contributed by atoms with E-state index in [9.17, 15) is 17.2 Å². The summed E-state index contributed by atoms with van der Waals surface area (Å²) >= 11 is 0. The number of hydrogen-bond acceptors (Lipinski definition) is 8. The number of nitrogens with zero attached hydrogens (tertiary/aromatic N) is 4. The zero-order chi connectivity index (χ0) is 21.1.